The van der Waals surface area contributed by atoms with Crippen LogP contribution in [0.4, 0.5) is 28.4 Å². The Labute approximate surface area is 420 Å². The molecular formula is C43H30Cl4N6O19. The van der Waals surface area contributed by atoms with E-state index in [0.29, 0.717) is 0 Å². The van der Waals surface area contributed by atoms with Gasteiger partial charge in [0.25, 0.3) is 34.0 Å². The Morgan fingerprint density at radius 3 is 1.39 bits per heavy atom. The average Bonchev–Trinajstić information content (AvgIpc) is 3.30. The van der Waals surface area contributed by atoms with Gasteiger partial charge >= 0.3 is 23.5 Å². The molecule has 0 amide bonds. The number of aromatic nitrogens is 1. The highest BCUT2D eigenvalue weighted by molar-refractivity contribution is 6.32. The number of nitrogens with one attached hydrogen (secondary N) is 1. The number of carboxylic acid groups (broad SMARTS) is 2. The second-order valence-electron chi connectivity index (χ2n) is 13.8. The number of halogens is 4. The molecular weight excluding hydrogens is 1050 g/mol. The second-order valence-corrected chi connectivity index (χ2v) is 15.6. The largest absolute Gasteiger partial charge is 0.478 e. The normalized spacial score (nSPS) is 10.1. The van der Waals surface area contributed by atoms with Crippen LogP contribution in [-0.4, -0.2) is 64.8 Å². The van der Waals surface area contributed by atoms with Crippen LogP contribution in [0.3, 0.4) is 0 Å². The minimum atomic E-state index is -1.23. The molecule has 0 aliphatic carbocycles. The van der Waals surface area contributed by atoms with Crippen molar-refractivity contribution in [1.82, 2.24) is 4.98 Å². The van der Waals surface area contributed by atoms with Crippen molar-refractivity contribution in [2.75, 3.05) is 7.11 Å². The maximum atomic E-state index is 11.4. The number of rotatable bonds is 8. The topological polar surface area (TPSA) is 380 Å². The van der Waals surface area contributed by atoms with Crippen LogP contribution in [0.15, 0.2) is 105 Å². The van der Waals surface area contributed by atoms with Gasteiger partial charge in [0.1, 0.15) is 0 Å². The van der Waals surface area contributed by atoms with Crippen LogP contribution in [0, 0.1) is 71.3 Å². The van der Waals surface area contributed by atoms with Crippen LogP contribution < -0.4 is 11.2 Å². The summed E-state index contributed by atoms with van der Waals surface area (Å²) in [6, 6.07) is 16.8. The number of ether oxygens (including phenoxy) is 1. The molecule has 25 nitrogen and oxygen atoms in total. The molecule has 0 saturated carbocycles. The highest BCUT2D eigenvalue weighted by Gasteiger charge is 2.22. The van der Waals surface area contributed by atoms with Crippen molar-refractivity contribution in [2.45, 2.75) is 20.8 Å². The third-order valence-electron chi connectivity index (χ3n) is 9.43. The molecule has 0 unspecified atom stereocenters. The van der Waals surface area contributed by atoms with E-state index in [4.69, 9.17) is 56.6 Å². The molecule has 374 valence electrons. The van der Waals surface area contributed by atoms with Crippen molar-refractivity contribution in [3.8, 4) is 0 Å². The van der Waals surface area contributed by atoms with E-state index < -0.39 is 53.7 Å². The van der Waals surface area contributed by atoms with Gasteiger partial charge in [-0.15, -0.1) is 0 Å². The van der Waals surface area contributed by atoms with E-state index in [2.05, 4.69) is 14.1 Å². The molecule has 0 aliphatic heterocycles. The number of nitrogens with zero attached hydrogens (tertiary/aromatic N) is 5. The number of nitro groups is 5. The number of hydrogen-bond acceptors (Lipinski definition) is 17. The lowest BCUT2D eigenvalue weighted by Gasteiger charge is -2.04. The first-order valence-corrected chi connectivity index (χ1v) is 20.6. The third kappa shape index (κ3) is 14.6. The van der Waals surface area contributed by atoms with Crippen molar-refractivity contribution in [3.63, 3.8) is 0 Å². The fraction of sp³-hybridized carbons (Fsp3) is 0.0930. The van der Waals surface area contributed by atoms with Gasteiger partial charge in [0, 0.05) is 73.3 Å². The lowest BCUT2D eigenvalue weighted by Crippen LogP contribution is -2.06. The Morgan fingerprint density at radius 2 is 0.931 bits per heavy atom. The van der Waals surface area contributed by atoms with Crippen molar-refractivity contribution in [3.05, 3.63) is 216 Å². The molecule has 7 rings (SSSR count). The van der Waals surface area contributed by atoms with Crippen LogP contribution >= 0.6 is 46.4 Å². The van der Waals surface area contributed by atoms with Gasteiger partial charge in [-0.3, -0.25) is 55.4 Å². The van der Waals surface area contributed by atoms with Crippen molar-refractivity contribution in [2.24, 2.45) is 0 Å². The van der Waals surface area contributed by atoms with Gasteiger partial charge in [-0.05, 0) is 63.2 Å². The first kappa shape index (κ1) is 57.4. The Morgan fingerprint density at radius 1 is 0.528 bits per heavy atom. The van der Waals surface area contributed by atoms with Gasteiger partial charge in [0.15, 0.2) is 0 Å². The van der Waals surface area contributed by atoms with E-state index in [1.54, 1.807) is 0 Å². The summed E-state index contributed by atoms with van der Waals surface area (Å²) in [5.41, 5.74) is -1.58. The lowest BCUT2D eigenvalue weighted by molar-refractivity contribution is -0.385. The van der Waals surface area contributed by atoms with Gasteiger partial charge in [-0.1, -0.05) is 52.5 Å². The number of carboxylic acids is 2. The molecule has 2 heterocycles. The van der Waals surface area contributed by atoms with Crippen LogP contribution in [0.5, 0.6) is 0 Å². The monoisotopic (exact) mass is 1070 g/mol. The number of aromatic amines is 1. The highest BCUT2D eigenvalue weighted by atomic mass is 35.5. The fourth-order valence-corrected chi connectivity index (χ4v) is 6.88. The Hall–Kier alpha value is -8.91. The summed E-state index contributed by atoms with van der Waals surface area (Å²) in [7, 11) is 1.20. The molecule has 29 heteroatoms. The molecule has 0 atom stereocenters. The van der Waals surface area contributed by atoms with Crippen LogP contribution in [0.25, 0.3) is 21.5 Å². The molecule has 0 fully saturated rings. The second kappa shape index (κ2) is 25.1. The summed E-state index contributed by atoms with van der Waals surface area (Å²) < 4.78 is 9.08. The number of carbonyl (C=O) groups is 3. The van der Waals surface area contributed by atoms with E-state index in [1.807, 2.05) is 0 Å². The van der Waals surface area contributed by atoms with Gasteiger partial charge < -0.3 is 24.4 Å². The first-order valence-electron chi connectivity index (χ1n) is 19.1. The average molecular weight is 1080 g/mol. The highest BCUT2D eigenvalue weighted by Crippen LogP contribution is 2.30. The molecule has 7 aromatic rings. The van der Waals surface area contributed by atoms with Crippen LogP contribution in [-0.2, 0) is 4.74 Å². The fourth-order valence-electron chi connectivity index (χ4n) is 6.03. The number of methoxy groups -OCH3 is 1. The van der Waals surface area contributed by atoms with E-state index in [9.17, 15) is 74.5 Å². The Bertz CT molecular complexity index is 3300. The molecule has 2 aromatic heterocycles. The summed E-state index contributed by atoms with van der Waals surface area (Å²) in [4.78, 5) is 108. The number of esters is 1. The number of carbonyl (C=O) groups excluding carboxylic acids is 1. The van der Waals surface area contributed by atoms with E-state index in [1.165, 1.54) is 107 Å². The number of non-ortho nitro benzene ring substituents is 2. The Kier molecular flexibility index (Phi) is 20.0. The Balaban J connectivity index is 0.000000238. The van der Waals surface area contributed by atoms with E-state index in [-0.39, 0.29) is 103 Å². The van der Waals surface area contributed by atoms with E-state index in [0.717, 1.165) is 12.3 Å². The number of hydrogen-bond donors (Lipinski definition) is 3. The van der Waals surface area contributed by atoms with Gasteiger partial charge in [0.2, 0.25) is 0 Å². The number of pyridine rings is 1. The van der Waals surface area contributed by atoms with Crippen molar-refractivity contribution in [1.29, 1.82) is 0 Å². The van der Waals surface area contributed by atoms with E-state index >= 15 is 0 Å². The molecule has 0 aliphatic rings. The minimum Gasteiger partial charge on any atom is -0.478 e. The summed E-state index contributed by atoms with van der Waals surface area (Å²) >= 11 is 22.5. The number of nitro benzene ring substituents is 5. The molecule has 0 saturated heterocycles. The number of H-pyrrole nitrogens is 1. The standard InChI is InChI=1S/C9H5ClN2O3.C9H4ClNO4.C9H8ClNO4.C8H6ClNO4.C8H7NO4/c10-5-3-7-6(1-2-11-9(7)13)8(4-5)12(14)15;10-5-3-7-6(1-2-15-9(7)12)8(4-5)11(13)14;1-5-7(9(12)15-2)3-6(10)4-8(5)11(13)14;1-4-6(8(11)12)2-5(9)3-7(4)10(13)14;1-5-6(8(10)11)3-2-4-7(5)9(12)13/h1-4H,(H,11,13);1-4H;3-4H,1-2H3;2-3H,1H3,(H,11,12);2-4H,1H3,(H,10,11). The molecule has 0 spiro atoms. The summed E-state index contributed by atoms with van der Waals surface area (Å²) in [6.45, 7) is 4.26. The quantitative estimate of drug-likeness (QED) is 0.0723. The third-order valence-corrected chi connectivity index (χ3v) is 10.3. The predicted molar refractivity (Wildman–Crippen MR) is 259 cm³/mol. The zero-order valence-electron chi connectivity index (χ0n) is 36.7. The van der Waals surface area contributed by atoms with Crippen LogP contribution in [0.1, 0.15) is 47.8 Å². The maximum Gasteiger partial charge on any atom is 0.343 e. The SMILES string of the molecule is COC(=O)c1cc(Cl)cc([N+](=O)[O-])c1C.Cc1c(C(=O)O)cc(Cl)cc1[N+](=O)[O-].Cc1c(C(=O)O)cccc1[N+](=O)[O-].O=c1[nH]ccc2c([N+](=O)[O-])cc(Cl)cc12.O=c1occc2c([N+](=O)[O-])cc(Cl)cc12. The van der Waals surface area contributed by atoms with Crippen molar-refractivity contribution >= 4 is 114 Å². The smallest absolute Gasteiger partial charge is 0.343 e. The molecule has 0 bridgehead atoms. The summed E-state index contributed by atoms with van der Waals surface area (Å²) in [6.07, 6.45) is 2.48. The maximum absolute atomic E-state index is 11.4. The lowest BCUT2D eigenvalue weighted by atomic mass is 10.1. The van der Waals surface area contributed by atoms with Gasteiger partial charge in [-0.25, -0.2) is 19.2 Å². The zero-order chi connectivity index (χ0) is 54.5. The zero-order valence-corrected chi connectivity index (χ0v) is 39.8. The summed E-state index contributed by atoms with van der Waals surface area (Å²) in [5, 5.41) is 71.6. The van der Waals surface area contributed by atoms with Crippen molar-refractivity contribution < 1.29 is 58.4 Å². The van der Waals surface area contributed by atoms with Gasteiger partial charge in [0.05, 0.1) is 76.2 Å². The van der Waals surface area contributed by atoms with Gasteiger partial charge in [-0.2, -0.15) is 0 Å². The van der Waals surface area contributed by atoms with Crippen LogP contribution in [0.2, 0.25) is 20.1 Å². The number of benzene rings is 5. The minimum absolute atomic E-state index is 0.0331. The molecule has 72 heavy (non-hydrogen) atoms. The number of aromatic carboxylic acids is 2. The predicted octanol–water partition coefficient (Wildman–Crippen LogP) is 10.6. The number of fused-ring (bicyclic) bond motifs is 2. The molecule has 5 aromatic carbocycles. The molecule has 3 N–H and O–H groups in total. The molecule has 0 radical (unpaired) electrons. The first-order chi connectivity index (χ1) is 33.6. The summed E-state index contributed by atoms with van der Waals surface area (Å²) in [5.74, 6) is -3.02.